The van der Waals surface area contributed by atoms with E-state index in [0.29, 0.717) is 29.8 Å². The second kappa shape index (κ2) is 10.4. The van der Waals surface area contributed by atoms with E-state index in [4.69, 9.17) is 14.2 Å². The Bertz CT molecular complexity index is 739. The summed E-state index contributed by atoms with van der Waals surface area (Å²) in [5.74, 6) is 2.34. The highest BCUT2D eigenvalue weighted by atomic mass is 127. The summed E-state index contributed by atoms with van der Waals surface area (Å²) < 4.78 is 16.1. The van der Waals surface area contributed by atoms with E-state index in [9.17, 15) is 0 Å². The molecule has 2 rings (SSSR count). The highest BCUT2D eigenvalue weighted by Crippen LogP contribution is 2.39. The first-order chi connectivity index (χ1) is 12.0. The van der Waals surface area contributed by atoms with E-state index in [-0.39, 0.29) is 24.0 Å². The van der Waals surface area contributed by atoms with Gasteiger partial charge in [-0.15, -0.1) is 35.3 Å². The number of halogens is 1. The average molecular weight is 492 g/mol. The maximum Gasteiger partial charge on any atom is 0.203 e. The smallest absolute Gasteiger partial charge is 0.203 e. The minimum atomic E-state index is 0. The third-order valence-corrected chi connectivity index (χ3v) is 4.64. The van der Waals surface area contributed by atoms with Gasteiger partial charge in [0, 0.05) is 29.7 Å². The monoisotopic (exact) mass is 492 g/mol. The van der Waals surface area contributed by atoms with E-state index in [1.807, 2.05) is 26.0 Å². The molecule has 1 aromatic heterocycles. The predicted molar refractivity (Wildman–Crippen MR) is 117 cm³/mol. The molecule has 0 aliphatic heterocycles. The van der Waals surface area contributed by atoms with Gasteiger partial charge in [0.2, 0.25) is 5.75 Å². The van der Waals surface area contributed by atoms with Crippen molar-refractivity contribution in [3.8, 4) is 17.2 Å². The summed E-state index contributed by atoms with van der Waals surface area (Å²) in [6.07, 6.45) is 0. The van der Waals surface area contributed by atoms with Crippen molar-refractivity contribution in [3.05, 3.63) is 27.7 Å². The molecule has 0 spiro atoms. The normalized spacial score (nSPS) is 10.8. The predicted octanol–water partition coefficient (Wildman–Crippen LogP) is 3.59. The minimum Gasteiger partial charge on any atom is -0.493 e. The zero-order valence-electron chi connectivity index (χ0n) is 15.8. The van der Waals surface area contributed by atoms with E-state index in [0.717, 1.165) is 16.4 Å². The Balaban J connectivity index is 0.00000338. The second-order valence-corrected chi connectivity index (χ2v) is 6.49. The second-order valence-electron chi connectivity index (χ2n) is 5.21. The van der Waals surface area contributed by atoms with Gasteiger partial charge in [-0.3, -0.25) is 4.99 Å². The first kappa shape index (κ1) is 22.3. The fraction of sp³-hybridized carbons (Fsp3) is 0.412. The average Bonchev–Trinajstić information content (AvgIpc) is 2.94. The molecule has 0 aliphatic carbocycles. The maximum atomic E-state index is 5.37. The van der Waals surface area contributed by atoms with Crippen LogP contribution < -0.4 is 24.8 Å². The summed E-state index contributed by atoms with van der Waals surface area (Å²) in [7, 11) is 6.47. The number of methoxy groups -OCH3 is 3. The first-order valence-electron chi connectivity index (χ1n) is 7.73. The zero-order valence-corrected chi connectivity index (χ0v) is 18.9. The van der Waals surface area contributed by atoms with Gasteiger partial charge in [0.05, 0.1) is 38.6 Å². The number of thiazole rings is 1. The van der Waals surface area contributed by atoms with Crippen molar-refractivity contribution in [2.24, 2.45) is 4.99 Å². The third-order valence-electron chi connectivity index (χ3n) is 3.57. The van der Waals surface area contributed by atoms with E-state index < -0.39 is 0 Å². The van der Waals surface area contributed by atoms with Crippen molar-refractivity contribution < 1.29 is 14.2 Å². The van der Waals surface area contributed by atoms with Crippen molar-refractivity contribution in [1.82, 2.24) is 10.3 Å². The number of ether oxygens (including phenoxy) is 3. The van der Waals surface area contributed by atoms with Crippen LogP contribution in [-0.2, 0) is 6.54 Å². The van der Waals surface area contributed by atoms with Crippen molar-refractivity contribution in [3.63, 3.8) is 0 Å². The van der Waals surface area contributed by atoms with Crippen LogP contribution in [0.4, 0.5) is 5.69 Å². The number of benzene rings is 1. The lowest BCUT2D eigenvalue weighted by molar-refractivity contribution is 0.324. The van der Waals surface area contributed by atoms with Crippen molar-refractivity contribution in [2.75, 3.05) is 33.7 Å². The molecule has 0 amide bonds. The standard InChI is InChI=1S/C17H24N4O3S.HI/c1-10-15(25-11(2)20-10)9-19-17(18-3)21-12-7-13(22-4)16(24-6)14(8-12)23-5;/h7-8H,9H2,1-6H3,(H2,18,19,21);1H. The quantitative estimate of drug-likeness (QED) is 0.365. The summed E-state index contributed by atoms with van der Waals surface area (Å²) in [6.45, 7) is 4.67. The van der Waals surface area contributed by atoms with Gasteiger partial charge in [0.25, 0.3) is 0 Å². The van der Waals surface area contributed by atoms with Crippen LogP contribution >= 0.6 is 35.3 Å². The van der Waals surface area contributed by atoms with Crippen LogP contribution in [0.2, 0.25) is 0 Å². The number of aliphatic imine (C=N–C) groups is 1. The Morgan fingerprint density at radius 1 is 1.12 bits per heavy atom. The molecular formula is C17H25IN4O3S. The summed E-state index contributed by atoms with van der Waals surface area (Å²) in [6, 6.07) is 3.66. The largest absolute Gasteiger partial charge is 0.493 e. The fourth-order valence-electron chi connectivity index (χ4n) is 2.37. The molecule has 26 heavy (non-hydrogen) atoms. The number of nitrogens with one attached hydrogen (secondary N) is 2. The molecule has 0 bridgehead atoms. The minimum absolute atomic E-state index is 0. The number of aromatic nitrogens is 1. The van der Waals surface area contributed by atoms with Gasteiger partial charge in [-0.1, -0.05) is 0 Å². The number of hydrogen-bond donors (Lipinski definition) is 2. The molecule has 9 heteroatoms. The Morgan fingerprint density at radius 3 is 2.15 bits per heavy atom. The lowest BCUT2D eigenvalue weighted by atomic mass is 10.2. The summed E-state index contributed by atoms with van der Waals surface area (Å²) in [4.78, 5) is 9.87. The molecule has 0 unspecified atom stereocenters. The lowest BCUT2D eigenvalue weighted by Crippen LogP contribution is -2.30. The molecule has 0 aliphatic rings. The van der Waals surface area contributed by atoms with Crippen molar-refractivity contribution in [1.29, 1.82) is 0 Å². The van der Waals surface area contributed by atoms with Gasteiger partial charge in [-0.25, -0.2) is 4.98 Å². The van der Waals surface area contributed by atoms with Crippen LogP contribution in [0, 0.1) is 13.8 Å². The molecule has 2 N–H and O–H groups in total. The van der Waals surface area contributed by atoms with Crippen LogP contribution in [0.1, 0.15) is 15.6 Å². The SMILES string of the molecule is CN=C(NCc1sc(C)nc1C)Nc1cc(OC)c(OC)c(OC)c1.I. The van der Waals surface area contributed by atoms with Gasteiger partial charge in [0.15, 0.2) is 17.5 Å². The summed E-state index contributed by atoms with van der Waals surface area (Å²) >= 11 is 1.68. The molecule has 0 radical (unpaired) electrons. The van der Waals surface area contributed by atoms with Gasteiger partial charge < -0.3 is 24.8 Å². The molecule has 7 nitrogen and oxygen atoms in total. The van der Waals surface area contributed by atoms with Gasteiger partial charge >= 0.3 is 0 Å². The number of rotatable bonds is 6. The first-order valence-corrected chi connectivity index (χ1v) is 8.54. The highest BCUT2D eigenvalue weighted by Gasteiger charge is 2.14. The number of anilines is 1. The van der Waals surface area contributed by atoms with Gasteiger partial charge in [-0.05, 0) is 13.8 Å². The number of hydrogen-bond acceptors (Lipinski definition) is 6. The number of aryl methyl sites for hydroxylation is 2. The molecule has 1 aromatic carbocycles. The molecule has 0 atom stereocenters. The molecule has 2 aromatic rings. The molecule has 1 heterocycles. The van der Waals surface area contributed by atoms with Crippen LogP contribution in [-0.4, -0.2) is 39.3 Å². The molecular weight excluding hydrogens is 467 g/mol. The van der Waals surface area contributed by atoms with Crippen LogP contribution in [0.3, 0.4) is 0 Å². The van der Waals surface area contributed by atoms with Crippen molar-refractivity contribution >= 4 is 47.0 Å². The van der Waals surface area contributed by atoms with E-state index in [1.54, 1.807) is 39.7 Å². The van der Waals surface area contributed by atoms with Crippen LogP contribution in [0.15, 0.2) is 17.1 Å². The molecule has 0 fully saturated rings. The summed E-state index contributed by atoms with van der Waals surface area (Å²) in [5, 5.41) is 7.58. The Hall–Kier alpha value is -1.75. The molecule has 0 saturated carbocycles. The number of nitrogens with zero attached hydrogens (tertiary/aromatic N) is 2. The third kappa shape index (κ3) is 5.37. The Kier molecular flexibility index (Phi) is 8.93. The van der Waals surface area contributed by atoms with Gasteiger partial charge in [-0.2, -0.15) is 0 Å². The number of guanidine groups is 1. The zero-order chi connectivity index (χ0) is 18.4. The van der Waals surface area contributed by atoms with E-state index in [2.05, 4.69) is 20.6 Å². The van der Waals surface area contributed by atoms with Crippen LogP contribution in [0.25, 0.3) is 0 Å². The van der Waals surface area contributed by atoms with E-state index >= 15 is 0 Å². The van der Waals surface area contributed by atoms with E-state index in [1.165, 1.54) is 4.88 Å². The van der Waals surface area contributed by atoms with Crippen molar-refractivity contribution in [2.45, 2.75) is 20.4 Å². The molecule has 144 valence electrons. The molecule has 0 saturated heterocycles. The summed E-state index contributed by atoms with van der Waals surface area (Å²) in [5.41, 5.74) is 1.82. The lowest BCUT2D eigenvalue weighted by Gasteiger charge is -2.16. The topological polar surface area (TPSA) is 77.0 Å². The van der Waals surface area contributed by atoms with Crippen LogP contribution in [0.5, 0.6) is 17.2 Å². The fourth-order valence-corrected chi connectivity index (χ4v) is 3.25. The van der Waals surface area contributed by atoms with Gasteiger partial charge in [0.1, 0.15) is 0 Å². The maximum absolute atomic E-state index is 5.37. The Morgan fingerprint density at radius 2 is 1.73 bits per heavy atom. The highest BCUT2D eigenvalue weighted by molar-refractivity contribution is 14.0. The Labute approximate surface area is 175 Å².